The van der Waals surface area contributed by atoms with Gasteiger partial charge in [-0.05, 0) is 25.5 Å². The molecule has 1 N–H and O–H groups in total. The van der Waals surface area contributed by atoms with Crippen LogP contribution >= 0.6 is 11.6 Å². The van der Waals surface area contributed by atoms with Gasteiger partial charge in [0.15, 0.2) is 0 Å². The quantitative estimate of drug-likeness (QED) is 0.920. The lowest BCUT2D eigenvalue weighted by Gasteiger charge is -2.16. The fourth-order valence-corrected chi connectivity index (χ4v) is 2.63. The van der Waals surface area contributed by atoms with E-state index in [1.54, 1.807) is 11.8 Å². The first-order valence-electron chi connectivity index (χ1n) is 6.58. The predicted molar refractivity (Wildman–Crippen MR) is 81.2 cm³/mol. The molecule has 1 aromatic carbocycles. The van der Waals surface area contributed by atoms with Crippen LogP contribution in [0.1, 0.15) is 29.8 Å². The van der Waals surface area contributed by atoms with Gasteiger partial charge < -0.3 is 10.1 Å². The smallest absolute Gasteiger partial charge is 0.216 e. The molecule has 0 aliphatic carbocycles. The van der Waals surface area contributed by atoms with Gasteiger partial charge in [-0.3, -0.25) is 0 Å². The second-order valence-corrected chi connectivity index (χ2v) is 5.23. The zero-order chi connectivity index (χ0) is 14.7. The molecule has 0 aliphatic rings. The molecule has 1 heterocycles. The number of aryl methyl sites for hydroxylation is 2. The molecule has 1 aromatic heterocycles. The van der Waals surface area contributed by atoms with Crippen LogP contribution in [0, 0.1) is 6.92 Å². The highest BCUT2D eigenvalue weighted by Gasteiger charge is 2.15. The number of methoxy groups -OCH3 is 1. The molecule has 0 amide bonds. The van der Waals surface area contributed by atoms with Crippen LogP contribution in [0.3, 0.4) is 0 Å². The third kappa shape index (κ3) is 2.97. The molecular weight excluding hydrogens is 274 g/mol. The lowest BCUT2D eigenvalue weighted by molar-refractivity contribution is 0.367. The van der Waals surface area contributed by atoms with E-state index >= 15 is 0 Å². The average molecular weight is 294 g/mol. The van der Waals surface area contributed by atoms with Gasteiger partial charge >= 0.3 is 0 Å². The van der Waals surface area contributed by atoms with Crippen LogP contribution in [0.15, 0.2) is 24.3 Å². The normalized spacial score (nSPS) is 12.4. The number of aromatic nitrogens is 2. The van der Waals surface area contributed by atoms with E-state index in [1.807, 2.05) is 38.2 Å². The highest BCUT2D eigenvalue weighted by atomic mass is 35.5. The Balaban J connectivity index is 2.11. The summed E-state index contributed by atoms with van der Waals surface area (Å²) in [7, 11) is 3.55. The van der Waals surface area contributed by atoms with Crippen molar-refractivity contribution >= 4 is 11.6 Å². The summed E-state index contributed by atoms with van der Waals surface area (Å²) in [6, 6.07) is 8.04. The third-order valence-electron chi connectivity index (χ3n) is 3.44. The summed E-state index contributed by atoms with van der Waals surface area (Å²) < 4.78 is 7.15. The maximum atomic E-state index is 6.21. The Morgan fingerprint density at radius 1 is 1.40 bits per heavy atom. The number of hydrogen-bond acceptors (Lipinski definition) is 3. The summed E-state index contributed by atoms with van der Waals surface area (Å²) in [6.07, 6.45) is 0. The first-order chi connectivity index (χ1) is 9.54. The molecular formula is C15H20ClN3O. The van der Waals surface area contributed by atoms with Crippen LogP contribution in [-0.4, -0.2) is 16.9 Å². The molecule has 2 aromatic rings. The standard InChI is InChI=1S/C15H20ClN3O/c1-10(12-7-5-6-8-14(12)16)17-9-13-11(2)18-19(3)15(13)20-4/h5-8,10,17H,9H2,1-4H3/t10-/m1/s1. The molecule has 2 rings (SSSR count). The van der Waals surface area contributed by atoms with Gasteiger partial charge in [0.05, 0.1) is 18.4 Å². The number of nitrogens with one attached hydrogen (secondary N) is 1. The summed E-state index contributed by atoms with van der Waals surface area (Å²) >= 11 is 6.21. The molecule has 5 heteroatoms. The first-order valence-corrected chi connectivity index (χ1v) is 6.96. The van der Waals surface area contributed by atoms with Crippen LogP contribution in [0.2, 0.25) is 5.02 Å². The van der Waals surface area contributed by atoms with Gasteiger partial charge in [0, 0.05) is 24.7 Å². The Morgan fingerprint density at radius 2 is 2.10 bits per heavy atom. The van der Waals surface area contributed by atoms with Gasteiger partial charge in [-0.1, -0.05) is 29.8 Å². The van der Waals surface area contributed by atoms with E-state index in [9.17, 15) is 0 Å². The molecule has 108 valence electrons. The highest BCUT2D eigenvalue weighted by Crippen LogP contribution is 2.25. The Bertz CT molecular complexity index is 595. The van der Waals surface area contributed by atoms with Crippen LogP contribution < -0.4 is 10.1 Å². The SMILES string of the molecule is COc1c(CN[C@H](C)c2ccccc2Cl)c(C)nn1C. The van der Waals surface area contributed by atoms with E-state index in [4.69, 9.17) is 16.3 Å². The molecule has 0 spiro atoms. The molecule has 0 aliphatic heterocycles. The molecule has 20 heavy (non-hydrogen) atoms. The van der Waals surface area contributed by atoms with Crippen molar-refractivity contribution in [2.75, 3.05) is 7.11 Å². The molecule has 0 saturated carbocycles. The molecule has 0 radical (unpaired) electrons. The summed E-state index contributed by atoms with van der Waals surface area (Å²) in [4.78, 5) is 0. The number of nitrogens with zero attached hydrogens (tertiary/aromatic N) is 2. The van der Waals surface area contributed by atoms with E-state index in [0.717, 1.165) is 27.7 Å². The zero-order valence-corrected chi connectivity index (χ0v) is 13.0. The maximum Gasteiger partial charge on any atom is 0.216 e. The van der Waals surface area contributed by atoms with Crippen molar-refractivity contribution < 1.29 is 4.74 Å². The summed E-state index contributed by atoms with van der Waals surface area (Å²) in [5.74, 6) is 0.793. The minimum Gasteiger partial charge on any atom is -0.481 e. The lowest BCUT2D eigenvalue weighted by Crippen LogP contribution is -2.19. The van der Waals surface area contributed by atoms with Crippen molar-refractivity contribution in [1.29, 1.82) is 0 Å². The van der Waals surface area contributed by atoms with Gasteiger partial charge in [-0.15, -0.1) is 0 Å². The molecule has 4 nitrogen and oxygen atoms in total. The van der Waals surface area contributed by atoms with Crippen molar-refractivity contribution in [3.05, 3.63) is 46.1 Å². The second kappa shape index (κ2) is 6.29. The first kappa shape index (κ1) is 14.9. The van der Waals surface area contributed by atoms with Crippen molar-refractivity contribution in [2.24, 2.45) is 7.05 Å². The second-order valence-electron chi connectivity index (χ2n) is 4.82. The lowest BCUT2D eigenvalue weighted by atomic mass is 10.1. The highest BCUT2D eigenvalue weighted by molar-refractivity contribution is 6.31. The summed E-state index contributed by atoms with van der Waals surface area (Å²) in [6.45, 7) is 4.77. The maximum absolute atomic E-state index is 6.21. The minimum atomic E-state index is 0.160. The Morgan fingerprint density at radius 3 is 2.75 bits per heavy atom. The topological polar surface area (TPSA) is 39.1 Å². The fraction of sp³-hybridized carbons (Fsp3) is 0.400. The van der Waals surface area contributed by atoms with E-state index in [2.05, 4.69) is 17.3 Å². The van der Waals surface area contributed by atoms with E-state index in [0.29, 0.717) is 6.54 Å². The van der Waals surface area contributed by atoms with Crippen LogP contribution in [0.4, 0.5) is 0 Å². The minimum absolute atomic E-state index is 0.160. The van der Waals surface area contributed by atoms with Crippen LogP contribution in [0.25, 0.3) is 0 Å². The number of benzene rings is 1. The van der Waals surface area contributed by atoms with Crippen LogP contribution in [-0.2, 0) is 13.6 Å². The van der Waals surface area contributed by atoms with Crippen molar-refractivity contribution in [3.63, 3.8) is 0 Å². The van der Waals surface area contributed by atoms with Crippen molar-refractivity contribution in [2.45, 2.75) is 26.4 Å². The van der Waals surface area contributed by atoms with Crippen molar-refractivity contribution in [1.82, 2.24) is 15.1 Å². The summed E-state index contributed by atoms with van der Waals surface area (Å²) in [5.41, 5.74) is 3.15. The van der Waals surface area contributed by atoms with Crippen molar-refractivity contribution in [3.8, 4) is 5.88 Å². The van der Waals surface area contributed by atoms with E-state index in [1.165, 1.54) is 0 Å². The number of rotatable bonds is 5. The number of ether oxygens (including phenoxy) is 1. The largest absolute Gasteiger partial charge is 0.481 e. The fourth-order valence-electron chi connectivity index (χ4n) is 2.33. The van der Waals surface area contributed by atoms with Crippen LogP contribution in [0.5, 0.6) is 5.88 Å². The molecule has 0 saturated heterocycles. The molecule has 0 fully saturated rings. The Hall–Kier alpha value is -1.52. The third-order valence-corrected chi connectivity index (χ3v) is 3.78. The molecule has 0 unspecified atom stereocenters. The molecule has 0 bridgehead atoms. The molecule has 1 atom stereocenters. The van der Waals surface area contributed by atoms with E-state index in [-0.39, 0.29) is 6.04 Å². The van der Waals surface area contributed by atoms with Gasteiger partial charge in [0.1, 0.15) is 0 Å². The average Bonchev–Trinajstić information content (AvgIpc) is 2.70. The van der Waals surface area contributed by atoms with Gasteiger partial charge in [-0.2, -0.15) is 5.10 Å². The monoisotopic (exact) mass is 293 g/mol. The Labute approximate surface area is 124 Å². The number of hydrogen-bond donors (Lipinski definition) is 1. The van der Waals surface area contributed by atoms with E-state index < -0.39 is 0 Å². The van der Waals surface area contributed by atoms with Gasteiger partial charge in [0.25, 0.3) is 0 Å². The van der Waals surface area contributed by atoms with Gasteiger partial charge in [-0.25, -0.2) is 4.68 Å². The summed E-state index contributed by atoms with van der Waals surface area (Å²) in [5, 5.41) is 8.62. The van der Waals surface area contributed by atoms with Gasteiger partial charge in [0.2, 0.25) is 5.88 Å². The predicted octanol–water partition coefficient (Wildman–Crippen LogP) is 3.24. The zero-order valence-electron chi connectivity index (χ0n) is 12.3. The Kier molecular flexibility index (Phi) is 4.68. The number of halogens is 1.